The van der Waals surface area contributed by atoms with E-state index in [2.05, 4.69) is 52.3 Å². The molecule has 0 radical (unpaired) electrons. The molecule has 204 valence electrons. The fraction of sp³-hybridized carbons (Fsp3) is 0.464. The molecule has 9 nitrogen and oxygen atoms in total. The number of carbonyl (C=O) groups excluding carboxylic acids is 1. The molecule has 3 N–H and O–H groups in total. The van der Waals surface area contributed by atoms with Gasteiger partial charge in [-0.25, -0.2) is 20.0 Å². The molecular formula is C28H46N8O. The lowest BCUT2D eigenvalue weighted by Crippen LogP contribution is -2.26. The summed E-state index contributed by atoms with van der Waals surface area (Å²) in [6.07, 6.45) is 5.54. The van der Waals surface area contributed by atoms with E-state index in [0.717, 1.165) is 60.7 Å². The Hall–Kier alpha value is -3.59. The summed E-state index contributed by atoms with van der Waals surface area (Å²) >= 11 is 0. The highest BCUT2D eigenvalue weighted by molar-refractivity contribution is 6.01. The number of likely N-dealkylation sites (N-methyl/N-ethyl adjacent to an activating group) is 1. The van der Waals surface area contributed by atoms with Crippen LogP contribution in [0.4, 0.5) is 11.5 Å². The van der Waals surface area contributed by atoms with Crippen LogP contribution in [0.15, 0.2) is 52.6 Å². The third kappa shape index (κ3) is 13.3. The number of benzene rings is 1. The van der Waals surface area contributed by atoms with Crippen molar-refractivity contribution in [3.63, 3.8) is 0 Å². The average Bonchev–Trinajstić information content (AvgIpc) is 2.84. The fourth-order valence-corrected chi connectivity index (χ4v) is 3.19. The predicted molar refractivity (Wildman–Crippen MR) is 161 cm³/mol. The first-order valence-electron chi connectivity index (χ1n) is 12.7. The van der Waals surface area contributed by atoms with E-state index in [0.29, 0.717) is 5.70 Å². The Morgan fingerprint density at radius 3 is 2.27 bits per heavy atom. The molecule has 0 saturated heterocycles. The monoisotopic (exact) mass is 510 g/mol. The number of nitrogens with zero attached hydrogens (tertiary/aromatic N) is 6. The number of aromatic nitrogens is 2. The molecule has 0 aliphatic carbocycles. The number of nitrogens with one attached hydrogen (secondary N) is 1. The van der Waals surface area contributed by atoms with Gasteiger partial charge in [-0.05, 0) is 65.7 Å². The van der Waals surface area contributed by atoms with E-state index < -0.39 is 0 Å². The Balaban J connectivity index is 0.00000111. The van der Waals surface area contributed by atoms with Gasteiger partial charge < -0.3 is 20.9 Å². The van der Waals surface area contributed by atoms with Gasteiger partial charge in [-0.1, -0.05) is 40.3 Å². The summed E-state index contributed by atoms with van der Waals surface area (Å²) in [4.78, 5) is 32.7. The van der Waals surface area contributed by atoms with Crippen molar-refractivity contribution < 1.29 is 4.79 Å². The zero-order chi connectivity index (χ0) is 28.4. The van der Waals surface area contributed by atoms with Crippen molar-refractivity contribution in [1.29, 1.82) is 0 Å². The van der Waals surface area contributed by atoms with Gasteiger partial charge in [0.2, 0.25) is 11.9 Å². The van der Waals surface area contributed by atoms with Crippen molar-refractivity contribution in [2.45, 2.75) is 54.4 Å². The lowest BCUT2D eigenvalue weighted by molar-refractivity contribution is -0.111. The minimum atomic E-state index is -0.138. The van der Waals surface area contributed by atoms with E-state index in [-0.39, 0.29) is 11.9 Å². The molecule has 0 bridgehead atoms. The zero-order valence-electron chi connectivity index (χ0n) is 24.0. The number of rotatable bonds is 10. The van der Waals surface area contributed by atoms with Crippen molar-refractivity contribution in [2.24, 2.45) is 15.7 Å². The second-order valence-corrected chi connectivity index (χ2v) is 8.33. The molecule has 1 amide bonds. The zero-order valence-corrected chi connectivity index (χ0v) is 24.0. The molecule has 0 atom stereocenters. The van der Waals surface area contributed by atoms with Gasteiger partial charge >= 0.3 is 0 Å². The lowest BCUT2D eigenvalue weighted by atomic mass is 10.2. The molecular weight excluding hydrogens is 464 g/mol. The van der Waals surface area contributed by atoms with Crippen molar-refractivity contribution in [1.82, 2.24) is 14.9 Å². The van der Waals surface area contributed by atoms with Crippen molar-refractivity contribution in [3.05, 3.63) is 48.5 Å². The molecule has 2 aromatic rings. The molecule has 1 aromatic carbocycles. The van der Waals surface area contributed by atoms with Gasteiger partial charge in [-0.15, -0.1) is 0 Å². The Morgan fingerprint density at radius 1 is 1.16 bits per heavy atom. The molecule has 1 heterocycles. The second kappa shape index (κ2) is 18.6. The van der Waals surface area contributed by atoms with Gasteiger partial charge in [0.25, 0.3) is 0 Å². The third-order valence-electron chi connectivity index (χ3n) is 4.55. The first kappa shape index (κ1) is 33.4. The van der Waals surface area contributed by atoms with Crippen LogP contribution < -0.4 is 16.0 Å². The van der Waals surface area contributed by atoms with E-state index in [9.17, 15) is 4.79 Å². The third-order valence-corrected chi connectivity index (χ3v) is 4.55. The molecule has 0 spiro atoms. The van der Waals surface area contributed by atoms with Crippen LogP contribution in [0.25, 0.3) is 10.9 Å². The minimum absolute atomic E-state index is 0.138. The quantitative estimate of drug-likeness (QED) is 0.259. The number of guanidine groups is 1. The summed E-state index contributed by atoms with van der Waals surface area (Å²) in [5.41, 5.74) is 7.36. The summed E-state index contributed by atoms with van der Waals surface area (Å²) in [5.74, 6) is 1.74. The van der Waals surface area contributed by atoms with Gasteiger partial charge in [0, 0.05) is 42.5 Å². The largest absolute Gasteiger partial charge is 0.368 e. The number of allylic oxidation sites excluding steroid dienone is 1. The van der Waals surface area contributed by atoms with Crippen LogP contribution >= 0.6 is 0 Å². The van der Waals surface area contributed by atoms with Crippen molar-refractivity contribution >= 4 is 41.0 Å². The first-order valence-corrected chi connectivity index (χ1v) is 12.7. The predicted octanol–water partition coefficient (Wildman–Crippen LogP) is 5.18. The van der Waals surface area contributed by atoms with Crippen LogP contribution in [0.5, 0.6) is 0 Å². The standard InChI is InChI=1S/C21H31N5O.C5H9N3.C2H6/c1-6-12-26(13-7-2)21-18-11-10-17(15-19(18)22-16(3)23-21)24-20(27)9-8-14-25(4)5;1-4(2)8-5(6)7-3;1-2/h8-11,15H,6-7,12-14H2,1-5H3,(H,24,27);1,3H2,2H3,(H2,6,8);1-2H3/b9-8+;;. The summed E-state index contributed by atoms with van der Waals surface area (Å²) in [7, 11) is 3.93. The van der Waals surface area contributed by atoms with E-state index >= 15 is 0 Å². The maximum absolute atomic E-state index is 12.1. The molecule has 2 rings (SSSR count). The number of carbonyl (C=O) groups is 1. The normalized spacial score (nSPS) is 10.9. The highest BCUT2D eigenvalue weighted by atomic mass is 16.1. The fourth-order valence-electron chi connectivity index (χ4n) is 3.19. The lowest BCUT2D eigenvalue weighted by Gasteiger charge is -2.24. The molecule has 9 heteroatoms. The highest BCUT2D eigenvalue weighted by Crippen LogP contribution is 2.27. The molecule has 0 aliphatic rings. The Morgan fingerprint density at radius 2 is 1.78 bits per heavy atom. The number of hydrogen-bond donors (Lipinski definition) is 2. The Kier molecular flexibility index (Phi) is 16.8. The maximum atomic E-state index is 12.1. The number of anilines is 2. The Bertz CT molecular complexity index is 1050. The molecule has 37 heavy (non-hydrogen) atoms. The second-order valence-electron chi connectivity index (χ2n) is 8.33. The van der Waals surface area contributed by atoms with Crippen molar-refractivity contribution in [3.8, 4) is 0 Å². The topological polar surface area (TPSA) is 112 Å². The smallest absolute Gasteiger partial charge is 0.248 e. The summed E-state index contributed by atoms with van der Waals surface area (Å²) < 4.78 is 0. The van der Waals surface area contributed by atoms with E-state index in [1.165, 1.54) is 0 Å². The van der Waals surface area contributed by atoms with Gasteiger partial charge in [0.05, 0.1) is 5.52 Å². The van der Waals surface area contributed by atoms with Crippen LogP contribution in [0.3, 0.4) is 0 Å². The van der Waals surface area contributed by atoms with E-state index in [1.54, 1.807) is 13.0 Å². The van der Waals surface area contributed by atoms with Gasteiger partial charge in [-0.2, -0.15) is 0 Å². The van der Waals surface area contributed by atoms with Gasteiger partial charge in [0.15, 0.2) is 0 Å². The van der Waals surface area contributed by atoms with Gasteiger partial charge in [0.1, 0.15) is 11.6 Å². The SMILES string of the molecule is C=NC(N)=NC(=C)C.CC.CCCN(CCC)c1nc(C)nc2cc(NC(=O)/C=C/CN(C)C)ccc12. The molecule has 0 saturated carbocycles. The number of aliphatic imine (C=N–C) groups is 2. The van der Waals surface area contributed by atoms with Crippen LogP contribution in [-0.2, 0) is 4.79 Å². The molecule has 0 fully saturated rings. The number of aryl methyl sites for hydroxylation is 1. The summed E-state index contributed by atoms with van der Waals surface area (Å²) in [6.45, 7) is 21.3. The van der Waals surface area contributed by atoms with Crippen molar-refractivity contribution in [2.75, 3.05) is 43.9 Å². The highest BCUT2D eigenvalue weighted by Gasteiger charge is 2.13. The molecule has 1 aromatic heterocycles. The molecule has 0 aliphatic heterocycles. The minimum Gasteiger partial charge on any atom is -0.368 e. The van der Waals surface area contributed by atoms with Crippen LogP contribution in [-0.4, -0.2) is 67.2 Å². The average molecular weight is 511 g/mol. The number of nitrogens with two attached hydrogens (primary N) is 1. The first-order chi connectivity index (χ1) is 17.6. The maximum Gasteiger partial charge on any atom is 0.248 e. The van der Waals surface area contributed by atoms with E-state index in [1.807, 2.05) is 64.0 Å². The number of amides is 1. The Labute approximate surface area is 223 Å². The summed E-state index contributed by atoms with van der Waals surface area (Å²) in [5, 5.41) is 3.93. The van der Waals surface area contributed by atoms with E-state index in [4.69, 9.17) is 10.7 Å². The van der Waals surface area contributed by atoms with Gasteiger partial charge in [-0.3, -0.25) is 4.79 Å². The number of fused-ring (bicyclic) bond motifs is 1. The number of hydrogen-bond acceptors (Lipinski definition) is 6. The van der Waals surface area contributed by atoms with Crippen LogP contribution in [0.1, 0.15) is 53.3 Å². The summed E-state index contributed by atoms with van der Waals surface area (Å²) in [6, 6.07) is 5.83. The van der Waals surface area contributed by atoms with Crippen LogP contribution in [0, 0.1) is 6.92 Å². The molecule has 0 unspecified atom stereocenters. The van der Waals surface area contributed by atoms with Crippen LogP contribution in [0.2, 0.25) is 0 Å².